The summed E-state index contributed by atoms with van der Waals surface area (Å²) in [6.07, 6.45) is 5.75. The molecule has 1 fully saturated rings. The number of ether oxygens (including phenoxy) is 2. The molecule has 1 saturated heterocycles. The van der Waals surface area contributed by atoms with Crippen molar-refractivity contribution in [3.63, 3.8) is 0 Å². The van der Waals surface area contributed by atoms with E-state index in [0.717, 1.165) is 50.5 Å². The topological polar surface area (TPSA) is 98.2 Å². The number of aliphatic imine (C=N–C) groups is 1. The zero-order valence-electron chi connectivity index (χ0n) is 18.5. The molecular weight excluding hydrogens is 392 g/mol. The van der Waals surface area contributed by atoms with Crippen molar-refractivity contribution in [1.29, 1.82) is 0 Å². The third kappa shape index (κ3) is 4.60. The summed E-state index contributed by atoms with van der Waals surface area (Å²) in [6.45, 7) is 9.81. The Labute approximate surface area is 183 Å². The van der Waals surface area contributed by atoms with Crippen LogP contribution in [0.2, 0.25) is 0 Å². The molecule has 31 heavy (non-hydrogen) atoms. The maximum absolute atomic E-state index is 5.97. The Morgan fingerprint density at radius 2 is 2.10 bits per heavy atom. The van der Waals surface area contributed by atoms with Gasteiger partial charge in [-0.2, -0.15) is 5.10 Å². The van der Waals surface area contributed by atoms with E-state index in [0.29, 0.717) is 17.3 Å². The highest BCUT2D eigenvalue weighted by Gasteiger charge is 2.43. The maximum Gasteiger partial charge on any atom is 0.213 e. The van der Waals surface area contributed by atoms with Crippen LogP contribution in [0.4, 0.5) is 5.69 Å². The van der Waals surface area contributed by atoms with E-state index < -0.39 is 0 Å². The smallest absolute Gasteiger partial charge is 0.213 e. The zero-order valence-corrected chi connectivity index (χ0v) is 18.5. The molecule has 164 valence electrons. The molecule has 0 saturated carbocycles. The molecule has 2 aromatic heterocycles. The van der Waals surface area contributed by atoms with Gasteiger partial charge in [-0.15, -0.1) is 0 Å². The fourth-order valence-electron chi connectivity index (χ4n) is 3.97. The molecule has 0 spiro atoms. The Kier molecular flexibility index (Phi) is 6.29. The SMILES string of the molecule is CCC1(N2CCc3cc(OCC(=Nc4ccc(C)nc4)/C(C)=N\N)ncc3C2)COC1. The van der Waals surface area contributed by atoms with Crippen molar-refractivity contribution in [1.82, 2.24) is 14.9 Å². The molecule has 0 atom stereocenters. The van der Waals surface area contributed by atoms with Crippen LogP contribution in [-0.4, -0.2) is 58.2 Å². The minimum absolute atomic E-state index is 0.197. The summed E-state index contributed by atoms with van der Waals surface area (Å²) < 4.78 is 11.5. The predicted molar refractivity (Wildman–Crippen MR) is 121 cm³/mol. The molecule has 0 aromatic carbocycles. The monoisotopic (exact) mass is 422 g/mol. The molecule has 4 rings (SSSR count). The van der Waals surface area contributed by atoms with Crippen molar-refractivity contribution < 1.29 is 9.47 Å². The molecule has 0 aliphatic carbocycles. The molecule has 4 heterocycles. The first-order valence-electron chi connectivity index (χ1n) is 10.7. The van der Waals surface area contributed by atoms with Gasteiger partial charge in [-0.25, -0.2) is 9.98 Å². The molecule has 0 radical (unpaired) electrons. The second kappa shape index (κ2) is 9.11. The summed E-state index contributed by atoms with van der Waals surface area (Å²) in [5.41, 5.74) is 5.68. The van der Waals surface area contributed by atoms with Crippen molar-refractivity contribution >= 4 is 17.1 Å². The lowest BCUT2D eigenvalue weighted by atomic mass is 9.88. The Morgan fingerprint density at radius 1 is 1.26 bits per heavy atom. The number of hydrogen-bond donors (Lipinski definition) is 1. The summed E-state index contributed by atoms with van der Waals surface area (Å²) in [6, 6.07) is 5.87. The number of nitrogens with two attached hydrogens (primary N) is 1. The van der Waals surface area contributed by atoms with Crippen LogP contribution >= 0.6 is 0 Å². The van der Waals surface area contributed by atoms with E-state index >= 15 is 0 Å². The number of fused-ring (bicyclic) bond motifs is 1. The third-order valence-electron chi connectivity index (χ3n) is 6.27. The average molecular weight is 423 g/mol. The van der Waals surface area contributed by atoms with Gasteiger partial charge in [0.25, 0.3) is 0 Å². The fourth-order valence-corrected chi connectivity index (χ4v) is 3.97. The van der Waals surface area contributed by atoms with Crippen LogP contribution in [0.3, 0.4) is 0 Å². The molecule has 8 nitrogen and oxygen atoms in total. The number of pyridine rings is 2. The van der Waals surface area contributed by atoms with Crippen molar-refractivity contribution in [2.75, 3.05) is 26.4 Å². The zero-order chi connectivity index (χ0) is 21.8. The Hall–Kier alpha value is -2.84. The third-order valence-corrected chi connectivity index (χ3v) is 6.27. The Balaban J connectivity index is 1.45. The summed E-state index contributed by atoms with van der Waals surface area (Å²) in [7, 11) is 0. The molecule has 2 aliphatic rings. The van der Waals surface area contributed by atoms with Gasteiger partial charge in [0.1, 0.15) is 12.3 Å². The van der Waals surface area contributed by atoms with Gasteiger partial charge in [0.2, 0.25) is 5.88 Å². The minimum Gasteiger partial charge on any atom is -0.471 e. The highest BCUT2D eigenvalue weighted by atomic mass is 16.5. The first-order chi connectivity index (χ1) is 15.0. The highest BCUT2D eigenvalue weighted by molar-refractivity contribution is 6.42. The molecule has 2 N–H and O–H groups in total. The lowest BCUT2D eigenvalue weighted by molar-refractivity contribution is -0.147. The van der Waals surface area contributed by atoms with Crippen molar-refractivity contribution in [2.24, 2.45) is 15.9 Å². The van der Waals surface area contributed by atoms with Crippen molar-refractivity contribution in [3.8, 4) is 5.88 Å². The van der Waals surface area contributed by atoms with Gasteiger partial charge in [-0.1, -0.05) is 6.92 Å². The molecule has 8 heteroatoms. The second-order valence-corrected chi connectivity index (χ2v) is 8.25. The summed E-state index contributed by atoms with van der Waals surface area (Å²) in [4.78, 5) is 16.0. The van der Waals surface area contributed by atoms with Gasteiger partial charge >= 0.3 is 0 Å². The molecule has 2 aromatic rings. The second-order valence-electron chi connectivity index (χ2n) is 8.25. The van der Waals surface area contributed by atoms with Crippen LogP contribution < -0.4 is 10.6 Å². The number of aryl methyl sites for hydroxylation is 1. The van der Waals surface area contributed by atoms with E-state index in [9.17, 15) is 0 Å². The summed E-state index contributed by atoms with van der Waals surface area (Å²) >= 11 is 0. The van der Waals surface area contributed by atoms with Gasteiger partial charge in [0.05, 0.1) is 36.3 Å². The first kappa shape index (κ1) is 21.4. The average Bonchev–Trinajstić information content (AvgIpc) is 2.77. The highest BCUT2D eigenvalue weighted by Crippen LogP contribution is 2.33. The fraction of sp³-hybridized carbons (Fsp3) is 0.478. The summed E-state index contributed by atoms with van der Waals surface area (Å²) in [5, 5.41) is 3.79. The van der Waals surface area contributed by atoms with E-state index in [2.05, 4.69) is 31.9 Å². The predicted octanol–water partition coefficient (Wildman–Crippen LogP) is 2.81. The first-order valence-corrected chi connectivity index (χ1v) is 10.7. The number of hydrogen-bond acceptors (Lipinski definition) is 8. The van der Waals surface area contributed by atoms with Crippen LogP contribution in [0.1, 0.15) is 37.1 Å². The van der Waals surface area contributed by atoms with Crippen LogP contribution in [0.15, 0.2) is 40.7 Å². The molecule has 0 amide bonds. The van der Waals surface area contributed by atoms with E-state index in [1.54, 1.807) is 6.20 Å². The number of nitrogens with zero attached hydrogens (tertiary/aromatic N) is 5. The summed E-state index contributed by atoms with van der Waals surface area (Å²) in [5.74, 6) is 6.08. The molecule has 2 aliphatic heterocycles. The van der Waals surface area contributed by atoms with E-state index in [4.69, 9.17) is 15.3 Å². The van der Waals surface area contributed by atoms with Crippen LogP contribution in [0.25, 0.3) is 0 Å². The largest absolute Gasteiger partial charge is 0.471 e. The van der Waals surface area contributed by atoms with Gasteiger partial charge in [0.15, 0.2) is 0 Å². The van der Waals surface area contributed by atoms with E-state index in [-0.39, 0.29) is 12.1 Å². The van der Waals surface area contributed by atoms with Gasteiger partial charge in [0, 0.05) is 31.0 Å². The number of aromatic nitrogens is 2. The van der Waals surface area contributed by atoms with Gasteiger partial charge in [-0.3, -0.25) is 9.88 Å². The van der Waals surface area contributed by atoms with Crippen LogP contribution in [-0.2, 0) is 17.7 Å². The lowest BCUT2D eigenvalue weighted by Gasteiger charge is -2.51. The molecule has 0 bridgehead atoms. The quantitative estimate of drug-likeness (QED) is 0.419. The maximum atomic E-state index is 5.97. The van der Waals surface area contributed by atoms with Crippen molar-refractivity contribution in [3.05, 3.63) is 47.4 Å². The van der Waals surface area contributed by atoms with E-state index in [1.165, 1.54) is 11.1 Å². The Morgan fingerprint density at radius 3 is 2.74 bits per heavy atom. The van der Waals surface area contributed by atoms with Gasteiger partial charge < -0.3 is 15.3 Å². The van der Waals surface area contributed by atoms with E-state index in [1.807, 2.05) is 38.2 Å². The van der Waals surface area contributed by atoms with Crippen LogP contribution in [0, 0.1) is 6.92 Å². The standard InChI is InChI=1S/C23H30N6O2/c1-4-23(14-30-15-23)29-8-7-18-9-22(26-10-19(18)12-29)31-13-21(17(3)28-24)27-20-6-5-16(2)25-11-20/h5-6,9-11H,4,7-8,12-15,24H2,1-3H3/b27-21?,28-17-. The van der Waals surface area contributed by atoms with Crippen LogP contribution in [0.5, 0.6) is 5.88 Å². The van der Waals surface area contributed by atoms with Gasteiger partial charge in [-0.05, 0) is 49.9 Å². The number of rotatable bonds is 7. The normalized spacial score (nSPS) is 18.9. The Bertz CT molecular complexity index is 977. The van der Waals surface area contributed by atoms with Crippen molar-refractivity contribution in [2.45, 2.75) is 45.7 Å². The minimum atomic E-state index is 0.197. The molecular formula is C23H30N6O2. The lowest BCUT2D eigenvalue weighted by Crippen LogP contribution is -2.62. The number of hydrazone groups is 1. The molecule has 0 unspecified atom stereocenters.